The zero-order chi connectivity index (χ0) is 19.8. The average molecular weight is 398 g/mol. The summed E-state index contributed by atoms with van der Waals surface area (Å²) >= 11 is 0. The highest BCUT2D eigenvalue weighted by molar-refractivity contribution is 6.02. The summed E-state index contributed by atoms with van der Waals surface area (Å²) in [5, 5.41) is 3.08. The van der Waals surface area contributed by atoms with E-state index >= 15 is 0 Å². The number of ether oxygens (including phenoxy) is 2. The molecule has 29 heavy (non-hydrogen) atoms. The molecule has 4 heterocycles. The SMILES string of the molecule is O=C(NC1CCCC1)c1nc(C(=O)N2CCC3(CC2)OCCO3)n2ccccc12. The predicted octanol–water partition coefficient (Wildman–Crippen LogP) is 1.99. The molecule has 0 radical (unpaired) electrons. The Hall–Kier alpha value is -2.45. The Balaban J connectivity index is 1.38. The summed E-state index contributed by atoms with van der Waals surface area (Å²) in [4.78, 5) is 32.3. The van der Waals surface area contributed by atoms with Gasteiger partial charge in [0.15, 0.2) is 11.5 Å². The highest BCUT2D eigenvalue weighted by Crippen LogP contribution is 2.32. The van der Waals surface area contributed by atoms with Gasteiger partial charge in [0.1, 0.15) is 0 Å². The molecule has 2 aromatic rings. The fraction of sp³-hybridized carbons (Fsp3) is 0.571. The van der Waals surface area contributed by atoms with Gasteiger partial charge in [0.05, 0.1) is 18.7 Å². The Morgan fingerprint density at radius 2 is 1.83 bits per heavy atom. The first kappa shape index (κ1) is 18.6. The molecule has 3 fully saturated rings. The van der Waals surface area contributed by atoms with Crippen molar-refractivity contribution in [2.45, 2.75) is 50.4 Å². The van der Waals surface area contributed by atoms with E-state index in [1.165, 1.54) is 0 Å². The molecule has 1 aliphatic carbocycles. The van der Waals surface area contributed by atoms with E-state index in [0.29, 0.717) is 50.4 Å². The lowest BCUT2D eigenvalue weighted by Gasteiger charge is -2.37. The third-order valence-electron chi connectivity index (χ3n) is 6.27. The molecule has 1 N–H and O–H groups in total. The second-order valence-electron chi connectivity index (χ2n) is 8.09. The first-order chi connectivity index (χ1) is 14.2. The first-order valence-electron chi connectivity index (χ1n) is 10.5. The van der Waals surface area contributed by atoms with Crippen LogP contribution in [-0.4, -0.2) is 64.2 Å². The van der Waals surface area contributed by atoms with Gasteiger partial charge in [-0.05, 0) is 25.0 Å². The number of carbonyl (C=O) groups excluding carboxylic acids is 2. The van der Waals surface area contributed by atoms with Crippen molar-refractivity contribution in [1.82, 2.24) is 19.6 Å². The van der Waals surface area contributed by atoms with E-state index in [2.05, 4.69) is 10.3 Å². The van der Waals surface area contributed by atoms with Crippen molar-refractivity contribution >= 4 is 17.3 Å². The number of nitrogens with zero attached hydrogens (tertiary/aromatic N) is 3. The number of rotatable bonds is 3. The number of amides is 2. The number of hydrogen-bond donors (Lipinski definition) is 1. The van der Waals surface area contributed by atoms with Crippen LogP contribution >= 0.6 is 0 Å². The Kier molecular flexibility index (Phi) is 4.75. The highest BCUT2D eigenvalue weighted by atomic mass is 16.7. The summed E-state index contributed by atoms with van der Waals surface area (Å²) in [5.41, 5.74) is 0.971. The number of fused-ring (bicyclic) bond motifs is 1. The second kappa shape index (κ2) is 7.42. The molecule has 5 rings (SSSR count). The largest absolute Gasteiger partial charge is 0.348 e. The minimum absolute atomic E-state index is 0.168. The molecule has 3 aliphatic rings. The maximum Gasteiger partial charge on any atom is 0.290 e. The van der Waals surface area contributed by atoms with Crippen LogP contribution < -0.4 is 5.32 Å². The number of nitrogens with one attached hydrogen (secondary N) is 1. The predicted molar refractivity (Wildman–Crippen MR) is 105 cm³/mol. The van der Waals surface area contributed by atoms with Gasteiger partial charge < -0.3 is 19.7 Å². The summed E-state index contributed by atoms with van der Waals surface area (Å²) in [6, 6.07) is 5.73. The van der Waals surface area contributed by atoms with Gasteiger partial charge in [0.25, 0.3) is 11.8 Å². The molecule has 0 unspecified atom stereocenters. The minimum atomic E-state index is -0.530. The lowest BCUT2D eigenvalue weighted by molar-refractivity contribution is -0.181. The van der Waals surface area contributed by atoms with Crippen LogP contribution in [0.25, 0.3) is 5.52 Å². The highest BCUT2D eigenvalue weighted by Gasteiger charge is 2.41. The van der Waals surface area contributed by atoms with Crippen LogP contribution in [0.2, 0.25) is 0 Å². The molecule has 0 aromatic carbocycles. The fourth-order valence-electron chi connectivity index (χ4n) is 4.66. The van der Waals surface area contributed by atoms with E-state index in [0.717, 1.165) is 25.7 Å². The van der Waals surface area contributed by atoms with E-state index in [-0.39, 0.29) is 23.7 Å². The smallest absolute Gasteiger partial charge is 0.290 e. The second-order valence-corrected chi connectivity index (χ2v) is 8.09. The Bertz CT molecular complexity index is 918. The monoisotopic (exact) mass is 398 g/mol. The average Bonchev–Trinajstić information content (AvgIpc) is 3.48. The lowest BCUT2D eigenvalue weighted by Crippen LogP contribution is -2.47. The Morgan fingerprint density at radius 1 is 1.10 bits per heavy atom. The normalized spacial score (nSPS) is 21.9. The van der Waals surface area contributed by atoms with Gasteiger partial charge in [-0.1, -0.05) is 18.9 Å². The van der Waals surface area contributed by atoms with Gasteiger partial charge in [-0.2, -0.15) is 0 Å². The van der Waals surface area contributed by atoms with Crippen LogP contribution in [0.4, 0.5) is 0 Å². The van der Waals surface area contributed by atoms with E-state index < -0.39 is 5.79 Å². The Labute approximate surface area is 169 Å². The minimum Gasteiger partial charge on any atom is -0.348 e. The molecule has 154 valence electrons. The van der Waals surface area contributed by atoms with Crippen molar-refractivity contribution in [3.8, 4) is 0 Å². The molecule has 0 atom stereocenters. The number of aromatic nitrogens is 2. The Morgan fingerprint density at radius 3 is 2.55 bits per heavy atom. The number of likely N-dealkylation sites (tertiary alicyclic amines) is 1. The summed E-state index contributed by atoms with van der Waals surface area (Å²) < 4.78 is 13.2. The number of pyridine rings is 1. The first-order valence-corrected chi connectivity index (χ1v) is 10.5. The molecule has 0 bridgehead atoms. The van der Waals surface area contributed by atoms with Crippen LogP contribution in [0.1, 0.15) is 59.6 Å². The zero-order valence-corrected chi connectivity index (χ0v) is 16.4. The summed E-state index contributed by atoms with van der Waals surface area (Å²) in [7, 11) is 0. The van der Waals surface area contributed by atoms with E-state index in [9.17, 15) is 9.59 Å². The molecule has 2 saturated heterocycles. The van der Waals surface area contributed by atoms with Gasteiger partial charge in [0, 0.05) is 38.2 Å². The van der Waals surface area contributed by atoms with Crippen molar-refractivity contribution in [2.24, 2.45) is 0 Å². The molecule has 2 aromatic heterocycles. The van der Waals surface area contributed by atoms with Crippen LogP contribution in [0, 0.1) is 0 Å². The molecule has 1 saturated carbocycles. The number of carbonyl (C=O) groups is 2. The van der Waals surface area contributed by atoms with Crippen molar-refractivity contribution in [3.05, 3.63) is 35.9 Å². The fourth-order valence-corrected chi connectivity index (χ4v) is 4.66. The van der Waals surface area contributed by atoms with Gasteiger partial charge in [0.2, 0.25) is 5.82 Å². The third kappa shape index (κ3) is 3.40. The van der Waals surface area contributed by atoms with E-state index in [1.54, 1.807) is 15.5 Å². The van der Waals surface area contributed by atoms with Gasteiger partial charge in [-0.3, -0.25) is 14.0 Å². The number of imidazole rings is 1. The van der Waals surface area contributed by atoms with Crippen molar-refractivity contribution in [1.29, 1.82) is 0 Å². The van der Waals surface area contributed by atoms with E-state index in [4.69, 9.17) is 9.47 Å². The third-order valence-corrected chi connectivity index (χ3v) is 6.27. The molecule has 8 heteroatoms. The van der Waals surface area contributed by atoms with Crippen molar-refractivity contribution < 1.29 is 19.1 Å². The van der Waals surface area contributed by atoms with Crippen LogP contribution in [0.5, 0.6) is 0 Å². The maximum absolute atomic E-state index is 13.2. The standard InChI is InChI=1S/C21H26N4O4/c26-19(22-15-5-1-2-6-15)17-16-7-3-4-10-25(16)18(23-17)20(27)24-11-8-21(9-12-24)28-13-14-29-21/h3-4,7,10,15H,1-2,5-6,8-9,11-14H2,(H,22,26). The summed E-state index contributed by atoms with van der Waals surface area (Å²) in [6.07, 6.45) is 7.38. The molecule has 2 aliphatic heterocycles. The van der Waals surface area contributed by atoms with Gasteiger partial charge in [-0.15, -0.1) is 0 Å². The maximum atomic E-state index is 13.2. The van der Waals surface area contributed by atoms with Crippen LogP contribution in [0.15, 0.2) is 24.4 Å². The topological polar surface area (TPSA) is 85.2 Å². The quantitative estimate of drug-likeness (QED) is 0.855. The van der Waals surface area contributed by atoms with Gasteiger partial charge >= 0.3 is 0 Å². The molecule has 1 spiro atoms. The number of hydrogen-bond acceptors (Lipinski definition) is 5. The summed E-state index contributed by atoms with van der Waals surface area (Å²) in [6.45, 7) is 2.31. The molecular formula is C21H26N4O4. The van der Waals surface area contributed by atoms with Crippen molar-refractivity contribution in [2.75, 3.05) is 26.3 Å². The number of piperidine rings is 1. The zero-order valence-electron chi connectivity index (χ0n) is 16.4. The molecule has 2 amide bonds. The van der Waals surface area contributed by atoms with Gasteiger partial charge in [-0.25, -0.2) is 4.98 Å². The van der Waals surface area contributed by atoms with Crippen LogP contribution in [0.3, 0.4) is 0 Å². The summed E-state index contributed by atoms with van der Waals surface area (Å²) in [5.74, 6) is -0.622. The van der Waals surface area contributed by atoms with E-state index in [1.807, 2.05) is 18.2 Å². The van der Waals surface area contributed by atoms with Crippen molar-refractivity contribution in [3.63, 3.8) is 0 Å². The molecular weight excluding hydrogens is 372 g/mol. The van der Waals surface area contributed by atoms with Crippen LogP contribution in [-0.2, 0) is 9.47 Å². The molecule has 8 nitrogen and oxygen atoms in total. The lowest BCUT2D eigenvalue weighted by atomic mass is 10.0.